The maximum atomic E-state index is 11.0. The number of aromatic carboxylic acids is 1. The summed E-state index contributed by atoms with van der Waals surface area (Å²) >= 11 is 0. The molecule has 0 amide bonds. The molecule has 1 atom stereocenters. The van der Waals surface area contributed by atoms with Crippen molar-refractivity contribution in [3.05, 3.63) is 65.2 Å². The van der Waals surface area contributed by atoms with Gasteiger partial charge in [0.15, 0.2) is 0 Å². The van der Waals surface area contributed by atoms with Crippen LogP contribution in [0.5, 0.6) is 5.75 Å². The number of fused-ring (bicyclic) bond motifs is 1. The summed E-state index contributed by atoms with van der Waals surface area (Å²) in [6.07, 6.45) is 2.93. The fourth-order valence-electron chi connectivity index (χ4n) is 2.69. The monoisotopic (exact) mass is 268 g/mol. The molecule has 0 saturated heterocycles. The van der Waals surface area contributed by atoms with Crippen LogP contribution in [0.25, 0.3) is 0 Å². The molecule has 1 unspecified atom stereocenters. The molecule has 3 rings (SSSR count). The van der Waals surface area contributed by atoms with Gasteiger partial charge in [-0.2, -0.15) is 0 Å². The van der Waals surface area contributed by atoms with Crippen LogP contribution in [0.15, 0.2) is 48.5 Å². The van der Waals surface area contributed by atoms with Crippen molar-refractivity contribution in [1.82, 2.24) is 0 Å². The van der Waals surface area contributed by atoms with Crippen LogP contribution in [0, 0.1) is 0 Å². The van der Waals surface area contributed by atoms with Gasteiger partial charge in [0, 0.05) is 0 Å². The SMILES string of the molecule is O=C(O)c1ccc2c(c1)CCCC2Oc1ccccc1. The van der Waals surface area contributed by atoms with E-state index in [1.807, 2.05) is 36.4 Å². The van der Waals surface area contributed by atoms with Gasteiger partial charge in [0.05, 0.1) is 5.56 Å². The predicted molar refractivity (Wildman–Crippen MR) is 76.2 cm³/mol. The zero-order valence-electron chi connectivity index (χ0n) is 11.1. The first kappa shape index (κ1) is 12.7. The Morgan fingerprint density at radius 1 is 1.15 bits per heavy atom. The number of aryl methyl sites for hydroxylation is 1. The van der Waals surface area contributed by atoms with Crippen LogP contribution < -0.4 is 4.74 Å². The summed E-state index contributed by atoms with van der Waals surface area (Å²) in [7, 11) is 0. The van der Waals surface area contributed by atoms with Crippen LogP contribution in [0.2, 0.25) is 0 Å². The zero-order valence-corrected chi connectivity index (χ0v) is 11.1. The molecule has 0 bridgehead atoms. The van der Waals surface area contributed by atoms with Gasteiger partial charge in [0.25, 0.3) is 0 Å². The second-order valence-electron chi connectivity index (χ2n) is 5.03. The van der Waals surface area contributed by atoms with E-state index in [-0.39, 0.29) is 6.10 Å². The van der Waals surface area contributed by atoms with Crippen LogP contribution in [0.1, 0.15) is 40.4 Å². The van der Waals surface area contributed by atoms with Crippen molar-refractivity contribution in [2.24, 2.45) is 0 Å². The van der Waals surface area contributed by atoms with E-state index < -0.39 is 5.97 Å². The molecule has 2 aromatic carbocycles. The lowest BCUT2D eigenvalue weighted by atomic mass is 9.88. The molecule has 1 N–H and O–H groups in total. The van der Waals surface area contributed by atoms with Crippen molar-refractivity contribution in [1.29, 1.82) is 0 Å². The summed E-state index contributed by atoms with van der Waals surface area (Å²) in [6, 6.07) is 15.1. The summed E-state index contributed by atoms with van der Waals surface area (Å²) in [5, 5.41) is 9.06. The van der Waals surface area contributed by atoms with Crippen molar-refractivity contribution in [3.63, 3.8) is 0 Å². The first-order chi connectivity index (χ1) is 9.74. The topological polar surface area (TPSA) is 46.5 Å². The number of para-hydroxylation sites is 1. The highest BCUT2D eigenvalue weighted by Gasteiger charge is 2.22. The first-order valence-corrected chi connectivity index (χ1v) is 6.82. The van der Waals surface area contributed by atoms with Gasteiger partial charge in [-0.3, -0.25) is 0 Å². The number of carbonyl (C=O) groups is 1. The summed E-state index contributed by atoms with van der Waals surface area (Å²) < 4.78 is 6.03. The molecule has 0 spiro atoms. The van der Waals surface area contributed by atoms with Gasteiger partial charge in [-0.1, -0.05) is 24.3 Å². The Hall–Kier alpha value is -2.29. The molecule has 1 aliphatic carbocycles. The number of carboxylic acid groups (broad SMARTS) is 1. The molecule has 3 heteroatoms. The Labute approximate surface area is 117 Å². The minimum atomic E-state index is -0.876. The van der Waals surface area contributed by atoms with Gasteiger partial charge in [-0.15, -0.1) is 0 Å². The van der Waals surface area contributed by atoms with Crippen molar-refractivity contribution in [2.45, 2.75) is 25.4 Å². The highest BCUT2D eigenvalue weighted by molar-refractivity contribution is 5.88. The Morgan fingerprint density at radius 3 is 2.70 bits per heavy atom. The molecular weight excluding hydrogens is 252 g/mol. The molecule has 0 aromatic heterocycles. The Kier molecular flexibility index (Phi) is 3.42. The van der Waals surface area contributed by atoms with Gasteiger partial charge in [-0.05, 0) is 54.7 Å². The summed E-state index contributed by atoms with van der Waals surface area (Å²) in [5.41, 5.74) is 2.56. The molecule has 20 heavy (non-hydrogen) atoms. The van der Waals surface area contributed by atoms with Crippen LogP contribution in [-0.2, 0) is 6.42 Å². The number of carboxylic acids is 1. The molecular formula is C17H16O3. The fourth-order valence-corrected chi connectivity index (χ4v) is 2.69. The van der Waals surface area contributed by atoms with E-state index in [9.17, 15) is 4.79 Å². The molecule has 0 radical (unpaired) electrons. The third kappa shape index (κ3) is 2.52. The van der Waals surface area contributed by atoms with Crippen molar-refractivity contribution in [3.8, 4) is 5.75 Å². The highest BCUT2D eigenvalue weighted by Crippen LogP contribution is 2.34. The number of benzene rings is 2. The number of ether oxygens (including phenoxy) is 1. The van der Waals surface area contributed by atoms with E-state index in [1.54, 1.807) is 12.1 Å². The second kappa shape index (κ2) is 5.37. The molecule has 0 aliphatic heterocycles. The minimum Gasteiger partial charge on any atom is -0.486 e. The van der Waals surface area contributed by atoms with Gasteiger partial charge >= 0.3 is 5.97 Å². The average molecular weight is 268 g/mol. The zero-order chi connectivity index (χ0) is 13.9. The lowest BCUT2D eigenvalue weighted by Gasteiger charge is -2.26. The van der Waals surface area contributed by atoms with Gasteiger partial charge < -0.3 is 9.84 Å². The quantitative estimate of drug-likeness (QED) is 0.920. The van der Waals surface area contributed by atoms with Gasteiger partial charge in [0.2, 0.25) is 0 Å². The third-order valence-electron chi connectivity index (χ3n) is 3.67. The van der Waals surface area contributed by atoms with E-state index in [2.05, 4.69) is 0 Å². The molecule has 3 nitrogen and oxygen atoms in total. The molecule has 0 saturated carbocycles. The summed E-state index contributed by atoms with van der Waals surface area (Å²) in [5.74, 6) is -0.0217. The third-order valence-corrected chi connectivity index (χ3v) is 3.67. The van der Waals surface area contributed by atoms with E-state index in [4.69, 9.17) is 9.84 Å². The van der Waals surface area contributed by atoms with E-state index in [0.717, 1.165) is 36.1 Å². The standard InChI is InChI=1S/C17H16O3/c18-17(19)13-9-10-15-12(11-13)5-4-8-16(15)20-14-6-2-1-3-7-14/h1-3,6-7,9-11,16H,4-5,8H2,(H,18,19). The number of hydrogen-bond acceptors (Lipinski definition) is 2. The Bertz CT molecular complexity index is 619. The normalized spacial score (nSPS) is 17.3. The highest BCUT2D eigenvalue weighted by atomic mass is 16.5. The molecule has 0 fully saturated rings. The van der Waals surface area contributed by atoms with Crippen LogP contribution in [0.3, 0.4) is 0 Å². The van der Waals surface area contributed by atoms with Crippen molar-refractivity contribution >= 4 is 5.97 Å². The maximum absolute atomic E-state index is 11.0. The number of hydrogen-bond donors (Lipinski definition) is 1. The van der Waals surface area contributed by atoms with Crippen molar-refractivity contribution < 1.29 is 14.6 Å². The van der Waals surface area contributed by atoms with E-state index >= 15 is 0 Å². The fraction of sp³-hybridized carbons (Fsp3) is 0.235. The molecule has 0 heterocycles. The van der Waals surface area contributed by atoms with Gasteiger partial charge in [0.1, 0.15) is 11.9 Å². The maximum Gasteiger partial charge on any atom is 0.335 e. The summed E-state index contributed by atoms with van der Waals surface area (Å²) in [6.45, 7) is 0. The average Bonchev–Trinajstić information content (AvgIpc) is 2.48. The molecule has 1 aliphatic rings. The Morgan fingerprint density at radius 2 is 1.95 bits per heavy atom. The first-order valence-electron chi connectivity index (χ1n) is 6.82. The largest absolute Gasteiger partial charge is 0.486 e. The second-order valence-corrected chi connectivity index (χ2v) is 5.03. The van der Waals surface area contributed by atoms with Crippen LogP contribution in [0.4, 0.5) is 0 Å². The molecule has 102 valence electrons. The van der Waals surface area contributed by atoms with Gasteiger partial charge in [-0.25, -0.2) is 4.79 Å². The van der Waals surface area contributed by atoms with E-state index in [0.29, 0.717) is 5.56 Å². The van der Waals surface area contributed by atoms with Crippen molar-refractivity contribution in [2.75, 3.05) is 0 Å². The van der Waals surface area contributed by atoms with Crippen LogP contribution >= 0.6 is 0 Å². The summed E-state index contributed by atoms with van der Waals surface area (Å²) in [4.78, 5) is 11.0. The molecule has 2 aromatic rings. The lowest BCUT2D eigenvalue weighted by molar-refractivity contribution is 0.0696. The lowest BCUT2D eigenvalue weighted by Crippen LogP contribution is -2.16. The van der Waals surface area contributed by atoms with E-state index in [1.165, 1.54) is 0 Å². The van der Waals surface area contributed by atoms with Crippen LogP contribution in [-0.4, -0.2) is 11.1 Å². The Balaban J connectivity index is 1.88. The minimum absolute atomic E-state index is 0.0176. The smallest absolute Gasteiger partial charge is 0.335 e. The number of rotatable bonds is 3. The predicted octanol–water partition coefficient (Wildman–Crippen LogP) is 3.84.